The molecule has 0 aliphatic heterocycles. The number of hydrogen-bond donors (Lipinski definition) is 1. The van der Waals surface area contributed by atoms with Crippen molar-refractivity contribution in [2.75, 3.05) is 19.6 Å². The highest BCUT2D eigenvalue weighted by Gasteiger charge is 2.27. The summed E-state index contributed by atoms with van der Waals surface area (Å²) in [5.74, 6) is 0.893. The van der Waals surface area contributed by atoms with E-state index in [-0.39, 0.29) is 0 Å². The Labute approximate surface area is 115 Å². The zero-order valence-electron chi connectivity index (χ0n) is 11.1. The maximum atomic E-state index is 6.09. The van der Waals surface area contributed by atoms with Crippen LogP contribution in [0.3, 0.4) is 0 Å². The van der Waals surface area contributed by atoms with Gasteiger partial charge in [0, 0.05) is 24.2 Å². The molecule has 3 heteroatoms. The van der Waals surface area contributed by atoms with Crippen LogP contribution in [0.5, 0.6) is 0 Å². The summed E-state index contributed by atoms with van der Waals surface area (Å²) in [5.41, 5.74) is 7.25. The van der Waals surface area contributed by atoms with Gasteiger partial charge in [-0.3, -0.25) is 4.90 Å². The molecule has 1 unspecified atom stereocenters. The second-order valence-corrected chi connectivity index (χ2v) is 5.68. The molecular weight excluding hydrogens is 244 g/mol. The fraction of sp³-hybridized carbons (Fsp3) is 0.600. The molecule has 0 heterocycles. The lowest BCUT2D eigenvalue weighted by Gasteiger charge is -2.31. The van der Waals surface area contributed by atoms with Crippen LogP contribution in [-0.2, 0) is 0 Å². The van der Waals surface area contributed by atoms with Crippen LogP contribution in [0, 0.1) is 5.92 Å². The van der Waals surface area contributed by atoms with Crippen molar-refractivity contribution >= 4 is 11.6 Å². The third-order valence-corrected chi connectivity index (χ3v) is 3.83. The van der Waals surface area contributed by atoms with Gasteiger partial charge in [-0.1, -0.05) is 30.7 Å². The number of hydrogen-bond acceptors (Lipinski definition) is 2. The van der Waals surface area contributed by atoms with Gasteiger partial charge < -0.3 is 5.73 Å². The second-order valence-electron chi connectivity index (χ2n) is 5.24. The number of halogens is 1. The Morgan fingerprint density at radius 1 is 1.44 bits per heavy atom. The first-order valence-electron chi connectivity index (χ1n) is 6.94. The molecule has 0 saturated heterocycles. The summed E-state index contributed by atoms with van der Waals surface area (Å²) in [5, 5.41) is 0.800. The van der Waals surface area contributed by atoms with Crippen molar-refractivity contribution < 1.29 is 0 Å². The minimum atomic E-state index is 0.309. The van der Waals surface area contributed by atoms with E-state index in [9.17, 15) is 0 Å². The number of nitrogens with zero attached hydrogens (tertiary/aromatic N) is 1. The van der Waals surface area contributed by atoms with Crippen molar-refractivity contribution in [2.45, 2.75) is 32.2 Å². The van der Waals surface area contributed by atoms with Gasteiger partial charge >= 0.3 is 0 Å². The van der Waals surface area contributed by atoms with Crippen LogP contribution < -0.4 is 5.73 Å². The number of rotatable bonds is 7. The first kappa shape index (κ1) is 13.9. The van der Waals surface area contributed by atoms with E-state index in [1.54, 1.807) is 0 Å². The molecule has 1 aromatic carbocycles. The van der Waals surface area contributed by atoms with Crippen molar-refractivity contribution in [2.24, 2.45) is 11.7 Å². The van der Waals surface area contributed by atoms with Gasteiger partial charge in [-0.15, -0.1) is 0 Å². The van der Waals surface area contributed by atoms with Crippen LogP contribution in [0.2, 0.25) is 5.02 Å². The van der Waals surface area contributed by atoms with E-state index in [1.807, 2.05) is 12.1 Å². The fourth-order valence-corrected chi connectivity index (χ4v) is 2.70. The van der Waals surface area contributed by atoms with E-state index in [1.165, 1.54) is 31.4 Å². The molecule has 1 aliphatic carbocycles. The molecule has 0 bridgehead atoms. The highest BCUT2D eigenvalue weighted by atomic mass is 35.5. The summed E-state index contributed by atoms with van der Waals surface area (Å²) < 4.78 is 0. The molecule has 2 rings (SSSR count). The van der Waals surface area contributed by atoms with Gasteiger partial charge in [-0.2, -0.15) is 0 Å². The molecule has 0 aromatic heterocycles. The van der Waals surface area contributed by atoms with E-state index >= 15 is 0 Å². The lowest BCUT2D eigenvalue weighted by molar-refractivity contribution is 0.193. The SMILES string of the molecule is CCCN(CC1CC1)C(CN)c1cccc(Cl)c1. The van der Waals surface area contributed by atoms with Gasteiger partial charge in [0.25, 0.3) is 0 Å². The summed E-state index contributed by atoms with van der Waals surface area (Å²) in [7, 11) is 0. The van der Waals surface area contributed by atoms with Gasteiger partial charge in [0.15, 0.2) is 0 Å². The van der Waals surface area contributed by atoms with Gasteiger partial charge in [-0.25, -0.2) is 0 Å². The van der Waals surface area contributed by atoms with Crippen LogP contribution in [-0.4, -0.2) is 24.5 Å². The molecular formula is C15H23ClN2. The molecule has 0 radical (unpaired) electrons. The Morgan fingerprint density at radius 3 is 2.78 bits per heavy atom. The van der Waals surface area contributed by atoms with Gasteiger partial charge in [0.05, 0.1) is 0 Å². The first-order chi connectivity index (χ1) is 8.74. The topological polar surface area (TPSA) is 29.3 Å². The third kappa shape index (κ3) is 3.71. The standard InChI is InChI=1S/C15H23ClN2/c1-2-8-18(11-12-6-7-12)15(10-17)13-4-3-5-14(16)9-13/h3-5,9,12,15H,2,6-8,10-11,17H2,1H3. The van der Waals surface area contributed by atoms with Crippen molar-refractivity contribution in [1.29, 1.82) is 0 Å². The van der Waals surface area contributed by atoms with Crippen molar-refractivity contribution in [3.63, 3.8) is 0 Å². The minimum absolute atomic E-state index is 0.309. The lowest BCUT2D eigenvalue weighted by Crippen LogP contribution is -2.35. The Kier molecular flexibility index (Phi) is 5.04. The van der Waals surface area contributed by atoms with Crippen LogP contribution in [0.4, 0.5) is 0 Å². The molecule has 1 saturated carbocycles. The molecule has 1 atom stereocenters. The van der Waals surface area contributed by atoms with E-state index in [0.29, 0.717) is 12.6 Å². The Hall–Kier alpha value is -0.570. The summed E-state index contributed by atoms with van der Waals surface area (Å²) in [6.07, 6.45) is 3.93. The van der Waals surface area contributed by atoms with E-state index in [0.717, 1.165) is 17.5 Å². The third-order valence-electron chi connectivity index (χ3n) is 3.60. The molecule has 18 heavy (non-hydrogen) atoms. The molecule has 1 aromatic rings. The minimum Gasteiger partial charge on any atom is -0.329 e. The molecule has 0 amide bonds. The van der Waals surface area contributed by atoms with E-state index in [4.69, 9.17) is 17.3 Å². The predicted molar refractivity (Wildman–Crippen MR) is 77.8 cm³/mol. The second kappa shape index (κ2) is 6.55. The Morgan fingerprint density at radius 2 is 2.22 bits per heavy atom. The first-order valence-corrected chi connectivity index (χ1v) is 7.32. The van der Waals surface area contributed by atoms with E-state index < -0.39 is 0 Å². The normalized spacial score (nSPS) is 17.1. The summed E-state index contributed by atoms with van der Waals surface area (Å²) in [6.45, 7) is 5.19. The zero-order valence-corrected chi connectivity index (χ0v) is 11.9. The van der Waals surface area contributed by atoms with E-state index in [2.05, 4.69) is 24.0 Å². The quantitative estimate of drug-likeness (QED) is 0.819. The zero-order chi connectivity index (χ0) is 13.0. The maximum absolute atomic E-state index is 6.09. The fourth-order valence-electron chi connectivity index (χ4n) is 2.50. The Bertz CT molecular complexity index is 377. The molecule has 1 aliphatic rings. The molecule has 0 spiro atoms. The average molecular weight is 267 g/mol. The highest BCUT2D eigenvalue weighted by Crippen LogP contribution is 2.33. The molecule has 100 valence electrons. The van der Waals surface area contributed by atoms with Crippen LogP contribution in [0.1, 0.15) is 37.8 Å². The number of benzene rings is 1. The van der Waals surface area contributed by atoms with Gasteiger partial charge in [0.1, 0.15) is 0 Å². The van der Waals surface area contributed by atoms with Crippen molar-refractivity contribution in [3.05, 3.63) is 34.9 Å². The predicted octanol–water partition coefficient (Wildman–Crippen LogP) is 3.46. The highest BCUT2D eigenvalue weighted by molar-refractivity contribution is 6.30. The molecule has 2 nitrogen and oxygen atoms in total. The van der Waals surface area contributed by atoms with Crippen LogP contribution >= 0.6 is 11.6 Å². The lowest BCUT2D eigenvalue weighted by atomic mass is 10.0. The van der Waals surface area contributed by atoms with Crippen molar-refractivity contribution in [1.82, 2.24) is 4.90 Å². The summed E-state index contributed by atoms with van der Waals surface area (Å²) >= 11 is 6.09. The summed E-state index contributed by atoms with van der Waals surface area (Å²) in [6, 6.07) is 8.43. The number of nitrogens with two attached hydrogens (primary N) is 1. The Balaban J connectivity index is 2.12. The molecule has 2 N–H and O–H groups in total. The maximum Gasteiger partial charge on any atom is 0.0471 e. The largest absolute Gasteiger partial charge is 0.329 e. The smallest absolute Gasteiger partial charge is 0.0471 e. The van der Waals surface area contributed by atoms with Crippen molar-refractivity contribution in [3.8, 4) is 0 Å². The van der Waals surface area contributed by atoms with Crippen LogP contribution in [0.15, 0.2) is 24.3 Å². The monoisotopic (exact) mass is 266 g/mol. The summed E-state index contributed by atoms with van der Waals surface area (Å²) in [4.78, 5) is 2.53. The molecule has 1 fully saturated rings. The van der Waals surface area contributed by atoms with Crippen LogP contribution in [0.25, 0.3) is 0 Å². The average Bonchev–Trinajstić information content (AvgIpc) is 3.14. The van der Waals surface area contributed by atoms with Gasteiger partial charge in [0.2, 0.25) is 0 Å². The van der Waals surface area contributed by atoms with Gasteiger partial charge in [-0.05, 0) is 49.4 Å².